The number of carboxylic acids is 1. The number of carboxylic acid groups (broad SMARTS) is 1. The van der Waals surface area contributed by atoms with Crippen molar-refractivity contribution >= 4 is 50.1 Å². The van der Waals surface area contributed by atoms with Crippen LogP contribution in [0, 0.1) is 0 Å². The fraction of sp³-hybridized carbons (Fsp3) is 0.278. The first kappa shape index (κ1) is 21.5. The number of H-pyrrole nitrogens is 1. The molecule has 0 spiro atoms. The van der Waals surface area contributed by atoms with Crippen molar-refractivity contribution in [1.82, 2.24) is 19.5 Å². The van der Waals surface area contributed by atoms with Crippen LogP contribution in [0.25, 0.3) is 22.0 Å². The van der Waals surface area contributed by atoms with E-state index in [9.17, 15) is 13.2 Å². The molecule has 0 unspecified atom stereocenters. The van der Waals surface area contributed by atoms with Gasteiger partial charge in [-0.1, -0.05) is 29.3 Å². The average Bonchev–Trinajstić information content (AvgIpc) is 3.17. The zero-order valence-corrected chi connectivity index (χ0v) is 17.7. The SMILES string of the molecule is CS(=O)(=O)N(CCCc1cc(-c2cn[nH]c2)c2ccc(Cl)c(Cl)c2n1)CC(=O)O. The fourth-order valence-corrected chi connectivity index (χ4v) is 4.17. The summed E-state index contributed by atoms with van der Waals surface area (Å²) in [6, 6.07) is 5.42. The number of fused-ring (bicyclic) bond motifs is 1. The van der Waals surface area contributed by atoms with Crippen molar-refractivity contribution in [2.24, 2.45) is 0 Å². The zero-order valence-electron chi connectivity index (χ0n) is 15.4. The van der Waals surface area contributed by atoms with Gasteiger partial charge in [-0.2, -0.15) is 9.40 Å². The van der Waals surface area contributed by atoms with Gasteiger partial charge in [0, 0.05) is 29.4 Å². The van der Waals surface area contributed by atoms with Crippen molar-refractivity contribution in [3.63, 3.8) is 0 Å². The Balaban J connectivity index is 1.92. The van der Waals surface area contributed by atoms with Crippen LogP contribution in [0.1, 0.15) is 12.1 Å². The lowest BCUT2D eigenvalue weighted by molar-refractivity contribution is -0.137. The van der Waals surface area contributed by atoms with Crippen LogP contribution in [0.4, 0.5) is 0 Å². The van der Waals surface area contributed by atoms with Gasteiger partial charge in [0.15, 0.2) is 0 Å². The molecule has 0 aliphatic heterocycles. The molecule has 2 aromatic heterocycles. The molecule has 0 fully saturated rings. The van der Waals surface area contributed by atoms with Crippen LogP contribution in [-0.2, 0) is 21.2 Å². The summed E-state index contributed by atoms with van der Waals surface area (Å²) in [7, 11) is -3.62. The van der Waals surface area contributed by atoms with Crippen LogP contribution in [0.15, 0.2) is 30.6 Å². The number of halogens is 2. The molecular weight excluding hydrogens is 439 g/mol. The van der Waals surface area contributed by atoms with Crippen molar-refractivity contribution in [3.05, 3.63) is 46.3 Å². The van der Waals surface area contributed by atoms with Crippen molar-refractivity contribution < 1.29 is 18.3 Å². The van der Waals surface area contributed by atoms with Gasteiger partial charge in [0.2, 0.25) is 10.0 Å². The first-order valence-corrected chi connectivity index (χ1v) is 11.2. The number of benzene rings is 1. The lowest BCUT2D eigenvalue weighted by Crippen LogP contribution is -2.35. The third-order valence-corrected chi connectivity index (χ3v) is 6.40. The minimum atomic E-state index is -3.62. The molecule has 2 N–H and O–H groups in total. The molecule has 1 aromatic carbocycles. The van der Waals surface area contributed by atoms with E-state index in [4.69, 9.17) is 28.3 Å². The Morgan fingerprint density at radius 3 is 2.69 bits per heavy atom. The first-order valence-electron chi connectivity index (χ1n) is 8.60. The molecule has 0 saturated carbocycles. The van der Waals surface area contributed by atoms with E-state index in [0.717, 1.165) is 27.1 Å². The van der Waals surface area contributed by atoms with Crippen molar-refractivity contribution in [3.8, 4) is 11.1 Å². The van der Waals surface area contributed by atoms with Gasteiger partial charge in [-0.15, -0.1) is 0 Å². The largest absolute Gasteiger partial charge is 0.480 e. The Morgan fingerprint density at radius 1 is 1.31 bits per heavy atom. The van der Waals surface area contributed by atoms with Crippen molar-refractivity contribution in [1.29, 1.82) is 0 Å². The number of pyridine rings is 1. The van der Waals surface area contributed by atoms with E-state index in [0.29, 0.717) is 34.1 Å². The van der Waals surface area contributed by atoms with Gasteiger partial charge in [0.05, 0.1) is 28.0 Å². The molecule has 0 amide bonds. The molecule has 0 aliphatic rings. The second-order valence-corrected chi connectivity index (χ2v) is 9.27. The van der Waals surface area contributed by atoms with Crippen LogP contribution in [-0.4, -0.2) is 58.3 Å². The van der Waals surface area contributed by atoms with E-state index < -0.39 is 22.5 Å². The molecular formula is C18H18Cl2N4O4S. The second-order valence-electron chi connectivity index (χ2n) is 6.50. The molecule has 0 saturated heterocycles. The second kappa shape index (κ2) is 8.66. The normalized spacial score (nSPS) is 12.0. The van der Waals surface area contributed by atoms with Gasteiger partial charge in [-0.05, 0) is 30.5 Å². The lowest BCUT2D eigenvalue weighted by atomic mass is 10.0. The molecule has 8 nitrogen and oxygen atoms in total. The molecule has 3 rings (SSSR count). The Labute approximate surface area is 177 Å². The van der Waals surface area contributed by atoms with Crippen molar-refractivity contribution in [2.45, 2.75) is 12.8 Å². The average molecular weight is 457 g/mol. The van der Waals surface area contributed by atoms with Gasteiger partial charge < -0.3 is 5.11 Å². The number of aliphatic carboxylic acids is 1. The quantitative estimate of drug-likeness (QED) is 0.537. The van der Waals surface area contributed by atoms with Gasteiger partial charge in [0.25, 0.3) is 0 Å². The summed E-state index contributed by atoms with van der Waals surface area (Å²) in [5.74, 6) is -1.21. The summed E-state index contributed by atoms with van der Waals surface area (Å²) in [4.78, 5) is 15.5. The Hall–Kier alpha value is -2.20. The number of carbonyl (C=O) groups is 1. The van der Waals surface area contributed by atoms with Crippen molar-refractivity contribution in [2.75, 3.05) is 19.3 Å². The molecule has 0 atom stereocenters. The third kappa shape index (κ3) is 5.05. The number of aryl methyl sites for hydroxylation is 1. The summed E-state index contributed by atoms with van der Waals surface area (Å²) in [6.07, 6.45) is 5.23. The summed E-state index contributed by atoms with van der Waals surface area (Å²) >= 11 is 12.5. The van der Waals surface area contributed by atoms with E-state index in [1.54, 1.807) is 18.5 Å². The monoisotopic (exact) mass is 456 g/mol. The number of aromatic amines is 1. The highest BCUT2D eigenvalue weighted by atomic mass is 35.5. The molecule has 0 aliphatic carbocycles. The molecule has 11 heteroatoms. The maximum Gasteiger partial charge on any atom is 0.318 e. The van der Waals surface area contributed by atoms with Gasteiger partial charge in [-0.25, -0.2) is 8.42 Å². The van der Waals surface area contributed by atoms with Crippen LogP contribution in [0.5, 0.6) is 0 Å². The predicted octanol–water partition coefficient (Wildman–Crippen LogP) is 3.21. The van der Waals surface area contributed by atoms with Gasteiger partial charge >= 0.3 is 5.97 Å². The lowest BCUT2D eigenvalue weighted by Gasteiger charge is -2.17. The summed E-state index contributed by atoms with van der Waals surface area (Å²) in [6.45, 7) is -0.513. The minimum Gasteiger partial charge on any atom is -0.480 e. The van der Waals surface area contributed by atoms with E-state index in [1.165, 1.54) is 0 Å². The van der Waals surface area contributed by atoms with E-state index in [2.05, 4.69) is 15.2 Å². The van der Waals surface area contributed by atoms with E-state index >= 15 is 0 Å². The summed E-state index contributed by atoms with van der Waals surface area (Å²) < 4.78 is 24.5. The van der Waals surface area contributed by atoms with Gasteiger partial charge in [0.1, 0.15) is 6.54 Å². The fourth-order valence-electron chi connectivity index (χ4n) is 3.00. The number of sulfonamides is 1. The Morgan fingerprint density at radius 2 is 2.07 bits per heavy atom. The van der Waals surface area contributed by atoms with E-state index in [-0.39, 0.29) is 6.54 Å². The van der Waals surface area contributed by atoms with Crippen LogP contribution >= 0.6 is 23.2 Å². The topological polar surface area (TPSA) is 116 Å². The Bertz CT molecular complexity index is 1150. The van der Waals surface area contributed by atoms with Crippen LogP contribution in [0.3, 0.4) is 0 Å². The number of aromatic nitrogens is 3. The number of hydrogen-bond acceptors (Lipinski definition) is 5. The molecule has 0 bridgehead atoms. The Kier molecular flexibility index (Phi) is 6.42. The zero-order chi connectivity index (χ0) is 21.2. The van der Waals surface area contributed by atoms with Gasteiger partial charge in [-0.3, -0.25) is 14.9 Å². The van der Waals surface area contributed by atoms with Crippen LogP contribution in [0.2, 0.25) is 10.0 Å². The first-order chi connectivity index (χ1) is 13.7. The minimum absolute atomic E-state index is 0.0647. The maximum absolute atomic E-state index is 11.8. The summed E-state index contributed by atoms with van der Waals surface area (Å²) in [5, 5.41) is 17.2. The number of hydrogen-bond donors (Lipinski definition) is 2. The highest BCUT2D eigenvalue weighted by Gasteiger charge is 2.20. The predicted molar refractivity (Wildman–Crippen MR) is 112 cm³/mol. The number of nitrogens with one attached hydrogen (secondary N) is 1. The van der Waals surface area contributed by atoms with Crippen LogP contribution < -0.4 is 0 Å². The third-order valence-electron chi connectivity index (χ3n) is 4.36. The summed E-state index contributed by atoms with van der Waals surface area (Å²) in [5.41, 5.74) is 2.93. The smallest absolute Gasteiger partial charge is 0.318 e. The standard InChI is InChI=1S/C18H18Cl2N4O4S/c1-29(27,28)24(10-16(25)26)6-2-3-12-7-14(11-8-21-22-9-11)13-4-5-15(19)17(20)18(13)23-12/h4-5,7-9H,2-3,6,10H2,1H3,(H,21,22)(H,25,26). The van der Waals surface area contributed by atoms with E-state index in [1.807, 2.05) is 12.1 Å². The molecule has 154 valence electrons. The molecule has 3 aromatic rings. The highest BCUT2D eigenvalue weighted by molar-refractivity contribution is 7.88. The molecule has 29 heavy (non-hydrogen) atoms. The maximum atomic E-state index is 11.8. The number of rotatable bonds is 8. The highest BCUT2D eigenvalue weighted by Crippen LogP contribution is 2.35. The molecule has 2 heterocycles. The molecule has 0 radical (unpaired) electrons. The number of nitrogens with zero attached hydrogens (tertiary/aromatic N) is 3.